The van der Waals surface area contributed by atoms with Gasteiger partial charge in [-0.2, -0.15) is 0 Å². The van der Waals surface area contributed by atoms with E-state index in [9.17, 15) is 4.79 Å². The van der Waals surface area contributed by atoms with E-state index < -0.39 is 0 Å². The minimum absolute atomic E-state index is 0.154. The lowest BCUT2D eigenvalue weighted by Crippen LogP contribution is -2.46. The third-order valence-corrected chi connectivity index (χ3v) is 3.67. The van der Waals surface area contributed by atoms with Gasteiger partial charge in [-0.25, -0.2) is 0 Å². The molecule has 0 aromatic heterocycles. The van der Waals surface area contributed by atoms with Crippen LogP contribution in [0.2, 0.25) is 0 Å². The van der Waals surface area contributed by atoms with Crippen molar-refractivity contribution >= 4 is 5.91 Å². The molecule has 1 saturated carbocycles. The number of hydrogen-bond donors (Lipinski definition) is 1. The zero-order valence-corrected chi connectivity index (χ0v) is 10.7. The Labute approximate surface area is 103 Å². The lowest BCUT2D eigenvalue weighted by atomic mass is 10.1. The lowest BCUT2D eigenvalue weighted by Gasteiger charge is -2.27. The van der Waals surface area contributed by atoms with Crippen LogP contribution in [0.5, 0.6) is 0 Å². The molecule has 0 aromatic carbocycles. The van der Waals surface area contributed by atoms with Crippen LogP contribution in [0.4, 0.5) is 0 Å². The summed E-state index contributed by atoms with van der Waals surface area (Å²) in [5.41, 5.74) is 5.95. The van der Waals surface area contributed by atoms with Gasteiger partial charge in [0.1, 0.15) is 0 Å². The van der Waals surface area contributed by atoms with E-state index in [1.165, 1.54) is 0 Å². The van der Waals surface area contributed by atoms with Gasteiger partial charge in [-0.3, -0.25) is 4.79 Å². The molecule has 2 N–H and O–H groups in total. The van der Waals surface area contributed by atoms with Gasteiger partial charge >= 0.3 is 0 Å². The minimum Gasteiger partial charge on any atom is -0.381 e. The highest BCUT2D eigenvalue weighted by molar-refractivity contribution is 5.82. The van der Waals surface area contributed by atoms with Crippen molar-refractivity contribution in [2.24, 2.45) is 11.7 Å². The van der Waals surface area contributed by atoms with Crippen LogP contribution in [0, 0.1) is 5.92 Å². The van der Waals surface area contributed by atoms with Gasteiger partial charge in [-0.05, 0) is 25.7 Å². The predicted molar refractivity (Wildman–Crippen MR) is 66.5 cm³/mol. The molecular formula is C13H24N2O2. The molecule has 1 heterocycles. The Balaban J connectivity index is 1.89. The highest BCUT2D eigenvalue weighted by Crippen LogP contribution is 2.29. The first-order valence-corrected chi connectivity index (χ1v) is 6.86. The van der Waals surface area contributed by atoms with Crippen molar-refractivity contribution in [1.82, 2.24) is 4.90 Å². The molecular weight excluding hydrogens is 216 g/mol. The van der Waals surface area contributed by atoms with Gasteiger partial charge in [0.05, 0.1) is 12.6 Å². The fraction of sp³-hybridized carbons (Fsp3) is 0.923. The van der Waals surface area contributed by atoms with Crippen LogP contribution in [0.15, 0.2) is 0 Å². The standard InChI is InChI=1S/C13H24N2O2/c1-2-3-12(14)13(16)15(11-4-5-11)8-10-6-7-17-9-10/h10-12H,2-9,14H2,1H3/t10?,12-/m0/s1. The Morgan fingerprint density at radius 1 is 1.47 bits per heavy atom. The van der Waals surface area contributed by atoms with E-state index in [2.05, 4.69) is 6.92 Å². The summed E-state index contributed by atoms with van der Waals surface area (Å²) in [6.45, 7) is 4.57. The molecule has 1 aliphatic carbocycles. The Bertz CT molecular complexity index is 260. The van der Waals surface area contributed by atoms with Gasteiger partial charge in [-0.15, -0.1) is 0 Å². The number of hydrogen-bond acceptors (Lipinski definition) is 3. The number of carbonyl (C=O) groups excluding carboxylic acids is 1. The predicted octanol–water partition coefficient (Wildman–Crippen LogP) is 1.14. The summed E-state index contributed by atoms with van der Waals surface area (Å²) in [6.07, 6.45) is 5.15. The smallest absolute Gasteiger partial charge is 0.239 e. The van der Waals surface area contributed by atoms with E-state index >= 15 is 0 Å². The van der Waals surface area contributed by atoms with Crippen molar-refractivity contribution in [1.29, 1.82) is 0 Å². The number of nitrogens with two attached hydrogens (primary N) is 1. The second kappa shape index (κ2) is 5.83. The molecule has 1 aliphatic heterocycles. The van der Waals surface area contributed by atoms with Gasteiger partial charge in [0, 0.05) is 25.1 Å². The lowest BCUT2D eigenvalue weighted by molar-refractivity contribution is -0.134. The van der Waals surface area contributed by atoms with Crippen molar-refractivity contribution in [2.75, 3.05) is 19.8 Å². The van der Waals surface area contributed by atoms with Crippen molar-refractivity contribution in [3.05, 3.63) is 0 Å². The number of carbonyl (C=O) groups is 1. The summed E-state index contributed by atoms with van der Waals surface area (Å²) >= 11 is 0. The van der Waals surface area contributed by atoms with Crippen LogP contribution in [0.1, 0.15) is 39.0 Å². The molecule has 2 rings (SSSR count). The van der Waals surface area contributed by atoms with E-state index in [0.717, 1.165) is 51.9 Å². The normalized spacial score (nSPS) is 25.9. The van der Waals surface area contributed by atoms with Crippen molar-refractivity contribution < 1.29 is 9.53 Å². The maximum atomic E-state index is 12.3. The number of nitrogens with zero attached hydrogens (tertiary/aromatic N) is 1. The van der Waals surface area contributed by atoms with Gasteiger partial charge in [0.15, 0.2) is 0 Å². The van der Waals surface area contributed by atoms with Gasteiger partial charge in [0.2, 0.25) is 5.91 Å². The maximum absolute atomic E-state index is 12.3. The molecule has 1 saturated heterocycles. The van der Waals surface area contributed by atoms with Crippen molar-refractivity contribution in [2.45, 2.75) is 51.1 Å². The number of rotatable bonds is 6. The number of ether oxygens (including phenoxy) is 1. The maximum Gasteiger partial charge on any atom is 0.239 e. The molecule has 2 aliphatic rings. The van der Waals surface area contributed by atoms with E-state index in [-0.39, 0.29) is 11.9 Å². The quantitative estimate of drug-likeness (QED) is 0.757. The van der Waals surface area contributed by atoms with Crippen molar-refractivity contribution in [3.8, 4) is 0 Å². The van der Waals surface area contributed by atoms with Gasteiger partial charge in [-0.1, -0.05) is 13.3 Å². The first-order chi connectivity index (χ1) is 8.22. The Morgan fingerprint density at radius 3 is 2.76 bits per heavy atom. The highest BCUT2D eigenvalue weighted by atomic mass is 16.5. The Hall–Kier alpha value is -0.610. The van der Waals surface area contributed by atoms with Gasteiger partial charge < -0.3 is 15.4 Å². The zero-order chi connectivity index (χ0) is 12.3. The Morgan fingerprint density at radius 2 is 2.24 bits per heavy atom. The molecule has 2 atom stereocenters. The van der Waals surface area contributed by atoms with E-state index in [4.69, 9.17) is 10.5 Å². The molecule has 1 amide bonds. The summed E-state index contributed by atoms with van der Waals surface area (Å²) in [5.74, 6) is 0.676. The average molecular weight is 240 g/mol. The SMILES string of the molecule is CCC[C@H](N)C(=O)N(CC1CCOC1)C1CC1. The van der Waals surface area contributed by atoms with E-state index in [1.807, 2.05) is 4.90 Å². The van der Waals surface area contributed by atoms with Crippen LogP contribution < -0.4 is 5.73 Å². The summed E-state index contributed by atoms with van der Waals surface area (Å²) in [7, 11) is 0. The second-order valence-corrected chi connectivity index (χ2v) is 5.35. The zero-order valence-electron chi connectivity index (χ0n) is 10.7. The molecule has 17 heavy (non-hydrogen) atoms. The van der Waals surface area contributed by atoms with Gasteiger partial charge in [0.25, 0.3) is 0 Å². The molecule has 1 unspecified atom stereocenters. The van der Waals surface area contributed by atoms with Crippen molar-refractivity contribution in [3.63, 3.8) is 0 Å². The summed E-state index contributed by atoms with van der Waals surface area (Å²) in [6, 6.07) is 0.161. The topological polar surface area (TPSA) is 55.6 Å². The van der Waals surface area contributed by atoms with Crippen LogP contribution in [0.25, 0.3) is 0 Å². The summed E-state index contributed by atoms with van der Waals surface area (Å²) in [4.78, 5) is 14.3. The highest BCUT2D eigenvalue weighted by Gasteiger charge is 2.36. The first-order valence-electron chi connectivity index (χ1n) is 6.86. The molecule has 0 radical (unpaired) electrons. The summed E-state index contributed by atoms with van der Waals surface area (Å²) < 4.78 is 5.38. The van der Waals surface area contributed by atoms with Crippen LogP contribution in [-0.2, 0) is 9.53 Å². The van der Waals surface area contributed by atoms with Crippen LogP contribution in [-0.4, -0.2) is 42.6 Å². The minimum atomic E-state index is -0.303. The molecule has 4 heteroatoms. The second-order valence-electron chi connectivity index (χ2n) is 5.35. The fourth-order valence-electron chi connectivity index (χ4n) is 2.46. The van der Waals surface area contributed by atoms with E-state index in [1.54, 1.807) is 0 Å². The average Bonchev–Trinajstić information content (AvgIpc) is 3.03. The van der Waals surface area contributed by atoms with Crippen LogP contribution >= 0.6 is 0 Å². The Kier molecular flexibility index (Phi) is 4.40. The largest absolute Gasteiger partial charge is 0.381 e. The van der Waals surface area contributed by atoms with E-state index in [0.29, 0.717) is 12.0 Å². The molecule has 0 aromatic rings. The molecule has 2 fully saturated rings. The summed E-state index contributed by atoms with van der Waals surface area (Å²) in [5, 5.41) is 0. The number of amides is 1. The van der Waals surface area contributed by atoms with Crippen LogP contribution in [0.3, 0.4) is 0 Å². The molecule has 0 bridgehead atoms. The molecule has 98 valence electrons. The molecule has 0 spiro atoms. The molecule has 4 nitrogen and oxygen atoms in total. The third-order valence-electron chi connectivity index (χ3n) is 3.67. The monoisotopic (exact) mass is 240 g/mol. The third kappa shape index (κ3) is 3.42. The first kappa shape index (κ1) is 12.8. The fourth-order valence-corrected chi connectivity index (χ4v) is 2.46.